The Hall–Kier alpha value is -3.06. The Morgan fingerprint density at radius 3 is 2.38 bits per heavy atom. The molecule has 0 N–H and O–H groups in total. The summed E-state index contributed by atoms with van der Waals surface area (Å²) in [5, 5.41) is 2.76. The Morgan fingerprint density at radius 2 is 1.46 bits per heavy atom. The first-order valence-corrected chi connectivity index (χ1v) is 8.43. The molecule has 2 heterocycles. The second kappa shape index (κ2) is 4.27. The first-order valence-electron chi connectivity index (χ1n) is 8.43. The van der Waals surface area contributed by atoms with Gasteiger partial charge in [0.15, 0.2) is 0 Å². The summed E-state index contributed by atoms with van der Waals surface area (Å²) in [7, 11) is 0. The monoisotopic (exact) mass is 305 g/mol. The first kappa shape index (κ1) is 12.4. The van der Waals surface area contributed by atoms with Gasteiger partial charge < -0.3 is 4.40 Å². The molecule has 1 heteroatoms. The van der Waals surface area contributed by atoms with E-state index in [1.165, 1.54) is 49.8 Å². The van der Waals surface area contributed by atoms with Gasteiger partial charge >= 0.3 is 0 Å². The van der Waals surface area contributed by atoms with Crippen LogP contribution in [0, 0.1) is 0 Å². The van der Waals surface area contributed by atoms with E-state index in [-0.39, 0.29) is 0 Å². The van der Waals surface area contributed by atoms with Gasteiger partial charge in [0.25, 0.3) is 0 Å². The molecular weight excluding hydrogens is 290 g/mol. The van der Waals surface area contributed by atoms with Crippen molar-refractivity contribution < 1.29 is 0 Å². The van der Waals surface area contributed by atoms with Crippen LogP contribution < -0.4 is 0 Å². The van der Waals surface area contributed by atoms with E-state index < -0.39 is 0 Å². The molecule has 112 valence electrons. The molecule has 0 unspecified atom stereocenters. The normalized spacial score (nSPS) is 12.8. The third-order valence-electron chi connectivity index (χ3n) is 5.40. The number of fused-ring (bicyclic) bond motifs is 5. The maximum Gasteiger partial charge on any atom is 0.0611 e. The number of aromatic nitrogens is 1. The minimum Gasteiger partial charge on any atom is -0.314 e. The molecule has 2 aromatic heterocycles. The predicted molar refractivity (Wildman–Crippen MR) is 99.8 cm³/mol. The summed E-state index contributed by atoms with van der Waals surface area (Å²) in [4.78, 5) is 0. The zero-order chi connectivity index (χ0) is 15.7. The van der Waals surface area contributed by atoms with E-state index in [9.17, 15) is 0 Å². The largest absolute Gasteiger partial charge is 0.314 e. The van der Waals surface area contributed by atoms with Gasteiger partial charge in [0.2, 0.25) is 0 Å². The van der Waals surface area contributed by atoms with Crippen molar-refractivity contribution in [3.8, 4) is 22.4 Å². The molecule has 0 aliphatic heterocycles. The van der Waals surface area contributed by atoms with Crippen LogP contribution >= 0.6 is 0 Å². The van der Waals surface area contributed by atoms with Crippen LogP contribution in [0.4, 0.5) is 0 Å². The van der Waals surface area contributed by atoms with Crippen LogP contribution in [-0.4, -0.2) is 4.40 Å². The third kappa shape index (κ3) is 1.40. The summed E-state index contributed by atoms with van der Waals surface area (Å²) in [5.41, 5.74) is 9.68. The summed E-state index contributed by atoms with van der Waals surface area (Å²) >= 11 is 0. The van der Waals surface area contributed by atoms with Crippen molar-refractivity contribution in [1.29, 1.82) is 0 Å². The van der Waals surface area contributed by atoms with E-state index in [2.05, 4.69) is 83.4 Å². The molecule has 0 saturated carbocycles. The Morgan fingerprint density at radius 1 is 0.667 bits per heavy atom. The molecular formula is C23H15N. The highest BCUT2D eigenvalue weighted by atomic mass is 14.9. The molecule has 5 aromatic rings. The van der Waals surface area contributed by atoms with Gasteiger partial charge in [-0.25, -0.2) is 0 Å². The zero-order valence-electron chi connectivity index (χ0n) is 13.2. The highest BCUT2D eigenvalue weighted by molar-refractivity contribution is 6.10. The minimum absolute atomic E-state index is 1.05. The number of rotatable bonds is 1. The van der Waals surface area contributed by atoms with Crippen LogP contribution in [0.5, 0.6) is 0 Å². The maximum atomic E-state index is 2.42. The highest BCUT2D eigenvalue weighted by Gasteiger charge is 2.27. The minimum atomic E-state index is 1.05. The molecule has 1 aliphatic carbocycles. The van der Waals surface area contributed by atoms with E-state index in [4.69, 9.17) is 0 Å². The molecule has 0 radical (unpaired) electrons. The second-order valence-electron chi connectivity index (χ2n) is 6.64. The van der Waals surface area contributed by atoms with Crippen LogP contribution in [0.15, 0.2) is 79.0 Å². The molecule has 0 atom stereocenters. The van der Waals surface area contributed by atoms with Crippen LogP contribution in [0.25, 0.3) is 38.7 Å². The maximum absolute atomic E-state index is 2.42. The highest BCUT2D eigenvalue weighted by Crippen LogP contribution is 2.46. The molecule has 0 saturated heterocycles. The Labute approximate surface area is 140 Å². The van der Waals surface area contributed by atoms with Gasteiger partial charge in [0.1, 0.15) is 0 Å². The van der Waals surface area contributed by atoms with Crippen LogP contribution in [0.1, 0.15) is 11.1 Å². The lowest BCUT2D eigenvalue weighted by molar-refractivity contribution is 1.24. The molecule has 1 aliphatic rings. The number of benzene rings is 3. The molecule has 0 amide bonds. The summed E-state index contributed by atoms with van der Waals surface area (Å²) < 4.78 is 2.42. The topological polar surface area (TPSA) is 4.41 Å². The lowest BCUT2D eigenvalue weighted by atomic mass is 10.0. The fraction of sp³-hybridized carbons (Fsp3) is 0.0435. The van der Waals surface area contributed by atoms with E-state index in [0.717, 1.165) is 6.42 Å². The number of nitrogens with zero attached hydrogens (tertiary/aromatic N) is 1. The molecule has 0 fully saturated rings. The molecule has 6 rings (SSSR count). The van der Waals surface area contributed by atoms with Gasteiger partial charge in [0, 0.05) is 34.5 Å². The fourth-order valence-corrected chi connectivity index (χ4v) is 4.39. The average molecular weight is 305 g/mol. The molecule has 0 spiro atoms. The summed E-state index contributed by atoms with van der Waals surface area (Å²) in [6, 6.07) is 26.3. The van der Waals surface area contributed by atoms with Crippen molar-refractivity contribution in [2.24, 2.45) is 0 Å². The quantitative estimate of drug-likeness (QED) is 0.363. The average Bonchev–Trinajstić information content (AvgIpc) is 3.28. The Bertz CT molecular complexity index is 1210. The molecule has 24 heavy (non-hydrogen) atoms. The lowest BCUT2D eigenvalue weighted by Gasteiger charge is -2.00. The van der Waals surface area contributed by atoms with E-state index in [1.807, 2.05) is 0 Å². The Balaban J connectivity index is 1.77. The second-order valence-corrected chi connectivity index (χ2v) is 6.64. The number of hydrogen-bond donors (Lipinski definition) is 0. The van der Waals surface area contributed by atoms with Crippen molar-refractivity contribution >= 4 is 16.3 Å². The predicted octanol–water partition coefficient (Wildman–Crippen LogP) is 5.77. The van der Waals surface area contributed by atoms with Gasteiger partial charge in [-0.2, -0.15) is 0 Å². The Kier molecular flexibility index (Phi) is 2.20. The van der Waals surface area contributed by atoms with Crippen molar-refractivity contribution in [3.63, 3.8) is 0 Å². The van der Waals surface area contributed by atoms with Gasteiger partial charge in [0.05, 0.1) is 11.2 Å². The van der Waals surface area contributed by atoms with Crippen molar-refractivity contribution in [2.75, 3.05) is 0 Å². The first-order chi connectivity index (χ1) is 11.9. The van der Waals surface area contributed by atoms with Crippen molar-refractivity contribution in [3.05, 3.63) is 90.1 Å². The van der Waals surface area contributed by atoms with Crippen LogP contribution in [0.3, 0.4) is 0 Å². The van der Waals surface area contributed by atoms with Crippen LogP contribution in [-0.2, 0) is 6.42 Å². The SMILES string of the molecule is c1ccc(-c2cn3c4c(c5cccc2c53)Cc2ccccc2-4)cc1. The standard InChI is InChI=1S/C23H15N/c1-2-7-15(8-3-1)21-14-24-22-17-10-5-4-9-16(17)13-20(22)18-11-6-12-19(21)23(18)24/h1-12,14H,13H2. The molecule has 1 nitrogen and oxygen atoms in total. The van der Waals surface area contributed by atoms with Crippen LogP contribution in [0.2, 0.25) is 0 Å². The summed E-state index contributed by atoms with van der Waals surface area (Å²) in [6.07, 6.45) is 3.38. The van der Waals surface area contributed by atoms with E-state index in [1.54, 1.807) is 0 Å². The fourth-order valence-electron chi connectivity index (χ4n) is 4.39. The lowest BCUT2D eigenvalue weighted by Crippen LogP contribution is -1.83. The van der Waals surface area contributed by atoms with E-state index in [0.29, 0.717) is 0 Å². The number of para-hydroxylation sites is 1. The summed E-state index contributed by atoms with van der Waals surface area (Å²) in [6.45, 7) is 0. The smallest absolute Gasteiger partial charge is 0.0611 e. The van der Waals surface area contributed by atoms with Gasteiger partial charge in [-0.1, -0.05) is 72.8 Å². The van der Waals surface area contributed by atoms with E-state index >= 15 is 0 Å². The zero-order valence-corrected chi connectivity index (χ0v) is 13.2. The van der Waals surface area contributed by atoms with Gasteiger partial charge in [-0.15, -0.1) is 0 Å². The third-order valence-corrected chi connectivity index (χ3v) is 5.40. The molecule has 0 bridgehead atoms. The summed E-state index contributed by atoms with van der Waals surface area (Å²) in [5.74, 6) is 0. The molecule has 3 aromatic carbocycles. The van der Waals surface area contributed by atoms with Crippen molar-refractivity contribution in [2.45, 2.75) is 6.42 Å². The number of hydrogen-bond acceptors (Lipinski definition) is 0. The van der Waals surface area contributed by atoms with Gasteiger partial charge in [-0.3, -0.25) is 0 Å². The van der Waals surface area contributed by atoms with Gasteiger partial charge in [-0.05, 0) is 16.7 Å². The van der Waals surface area contributed by atoms with Crippen molar-refractivity contribution in [1.82, 2.24) is 4.40 Å².